The van der Waals surface area contributed by atoms with Gasteiger partial charge in [-0.3, -0.25) is 4.79 Å². The molecule has 0 saturated heterocycles. The number of unbranched alkanes of at least 4 members (excludes halogenated alkanes) is 3. The van der Waals surface area contributed by atoms with E-state index in [9.17, 15) is 4.79 Å². The lowest BCUT2D eigenvalue weighted by atomic mass is 9.80. The molecule has 1 aliphatic heterocycles. The van der Waals surface area contributed by atoms with Crippen LogP contribution in [0.25, 0.3) is 11.1 Å². The van der Waals surface area contributed by atoms with E-state index in [1.807, 2.05) is 13.8 Å². The van der Waals surface area contributed by atoms with Gasteiger partial charge in [0.05, 0.1) is 17.7 Å². The fourth-order valence-electron chi connectivity index (χ4n) is 4.15. The summed E-state index contributed by atoms with van der Waals surface area (Å²) in [5.41, 5.74) is 0.376. The summed E-state index contributed by atoms with van der Waals surface area (Å²) in [6.07, 6.45) is 7.31. The Hall–Kier alpha value is -3.14. The van der Waals surface area contributed by atoms with E-state index >= 15 is 4.39 Å². The Morgan fingerprint density at radius 3 is 2.76 bits per heavy atom. The number of benzene rings is 1. The fraction of sp³-hybridized carbons (Fsp3) is 0.458. The van der Waals surface area contributed by atoms with Gasteiger partial charge in [-0.1, -0.05) is 39.2 Å². The monoisotopic (exact) mass is 484 g/mol. The summed E-state index contributed by atoms with van der Waals surface area (Å²) in [6.45, 7) is 6.57. The van der Waals surface area contributed by atoms with Crippen LogP contribution in [0, 0.1) is 5.82 Å². The third-order valence-electron chi connectivity index (χ3n) is 5.98. The summed E-state index contributed by atoms with van der Waals surface area (Å²) in [7, 11) is 0. The van der Waals surface area contributed by atoms with Crippen LogP contribution in [-0.4, -0.2) is 38.1 Å². The van der Waals surface area contributed by atoms with E-state index in [0.717, 1.165) is 37.0 Å². The van der Waals surface area contributed by atoms with E-state index in [2.05, 4.69) is 37.8 Å². The Morgan fingerprint density at radius 1 is 1.24 bits per heavy atom. The summed E-state index contributed by atoms with van der Waals surface area (Å²) in [4.78, 5) is 18.9. The standard InChI is InChI=1S/C24H29FN6O2S/c1-4-6-7-8-11-33-15-9-10-18(19(25)12-15)24(3)13-17(23-26-14-16(5-2)34-23)20(22(32)27-24)21-28-30-31-29-21/h9-10,12,14H,4-8,11,13H2,1-3H3,(H,27,32)(H,28,29,30,31)/t24-/m0/s1. The van der Waals surface area contributed by atoms with Gasteiger partial charge in [0.25, 0.3) is 5.91 Å². The molecule has 0 fully saturated rings. The van der Waals surface area contributed by atoms with Gasteiger partial charge in [0.2, 0.25) is 5.82 Å². The number of tetrazole rings is 1. The van der Waals surface area contributed by atoms with E-state index < -0.39 is 17.3 Å². The van der Waals surface area contributed by atoms with Gasteiger partial charge in [-0.25, -0.2) is 9.37 Å². The summed E-state index contributed by atoms with van der Waals surface area (Å²) in [5.74, 6) is -0.145. The highest BCUT2D eigenvalue weighted by atomic mass is 32.1. The first kappa shape index (κ1) is 24.0. The molecule has 4 rings (SSSR count). The molecule has 2 aromatic heterocycles. The number of carbonyl (C=O) groups excluding carboxylic acids is 1. The largest absolute Gasteiger partial charge is 0.493 e. The number of aryl methyl sites for hydroxylation is 1. The number of rotatable bonds is 10. The Morgan fingerprint density at radius 2 is 2.09 bits per heavy atom. The molecule has 1 aromatic carbocycles. The van der Waals surface area contributed by atoms with Crippen molar-refractivity contribution < 1.29 is 13.9 Å². The Labute approximate surface area is 202 Å². The van der Waals surface area contributed by atoms with Crippen molar-refractivity contribution in [3.05, 3.63) is 51.5 Å². The zero-order valence-electron chi connectivity index (χ0n) is 19.7. The number of nitrogens with zero attached hydrogens (tertiary/aromatic N) is 4. The van der Waals surface area contributed by atoms with Crippen molar-refractivity contribution in [1.82, 2.24) is 30.9 Å². The number of carbonyl (C=O) groups is 1. The van der Waals surface area contributed by atoms with Crippen molar-refractivity contribution in [1.29, 1.82) is 0 Å². The molecule has 0 unspecified atom stereocenters. The molecule has 0 bridgehead atoms. The molecule has 2 N–H and O–H groups in total. The number of thiazole rings is 1. The normalized spacial score (nSPS) is 18.3. The molecule has 34 heavy (non-hydrogen) atoms. The van der Waals surface area contributed by atoms with Gasteiger partial charge in [0.15, 0.2) is 0 Å². The molecule has 0 saturated carbocycles. The van der Waals surface area contributed by atoms with Crippen molar-refractivity contribution in [2.24, 2.45) is 0 Å². The average molecular weight is 485 g/mol. The average Bonchev–Trinajstić information content (AvgIpc) is 3.50. The first-order valence-corrected chi connectivity index (χ1v) is 12.4. The van der Waals surface area contributed by atoms with Crippen LogP contribution >= 0.6 is 11.3 Å². The molecule has 180 valence electrons. The minimum Gasteiger partial charge on any atom is -0.493 e. The van der Waals surface area contributed by atoms with Crippen molar-refractivity contribution in [2.45, 2.75) is 64.8 Å². The molecule has 3 heterocycles. The van der Waals surface area contributed by atoms with E-state index in [-0.39, 0.29) is 5.82 Å². The highest BCUT2D eigenvalue weighted by Gasteiger charge is 2.41. The van der Waals surface area contributed by atoms with E-state index in [1.165, 1.54) is 17.4 Å². The Bertz CT molecular complexity index is 1180. The molecule has 0 spiro atoms. The lowest BCUT2D eigenvalue weighted by molar-refractivity contribution is -0.117. The minimum absolute atomic E-state index is 0.190. The lowest BCUT2D eigenvalue weighted by Gasteiger charge is -2.36. The Kier molecular flexibility index (Phi) is 7.35. The number of aromatic nitrogens is 5. The van der Waals surface area contributed by atoms with Gasteiger partial charge < -0.3 is 10.1 Å². The van der Waals surface area contributed by atoms with E-state index in [0.29, 0.717) is 40.5 Å². The highest BCUT2D eigenvalue weighted by Crippen LogP contribution is 2.42. The number of amides is 1. The second kappa shape index (κ2) is 10.4. The fourth-order valence-corrected chi connectivity index (χ4v) is 5.05. The van der Waals surface area contributed by atoms with Crippen LogP contribution in [0.4, 0.5) is 4.39 Å². The topological polar surface area (TPSA) is 106 Å². The van der Waals surface area contributed by atoms with Crippen molar-refractivity contribution in [3.8, 4) is 5.75 Å². The number of ether oxygens (including phenoxy) is 1. The molecule has 1 amide bonds. The zero-order valence-corrected chi connectivity index (χ0v) is 20.5. The third kappa shape index (κ3) is 5.01. The molecule has 10 heteroatoms. The van der Waals surface area contributed by atoms with Crippen LogP contribution in [0.15, 0.2) is 24.4 Å². The quantitative estimate of drug-likeness (QED) is 0.405. The number of halogens is 1. The summed E-state index contributed by atoms with van der Waals surface area (Å²) in [6, 6.07) is 4.84. The van der Waals surface area contributed by atoms with Gasteiger partial charge in [0, 0.05) is 34.7 Å². The van der Waals surface area contributed by atoms with Gasteiger partial charge in [-0.15, -0.1) is 21.5 Å². The van der Waals surface area contributed by atoms with E-state index in [4.69, 9.17) is 4.74 Å². The van der Waals surface area contributed by atoms with E-state index in [1.54, 1.807) is 18.3 Å². The summed E-state index contributed by atoms with van der Waals surface area (Å²) < 4.78 is 21.0. The van der Waals surface area contributed by atoms with Gasteiger partial charge in [0.1, 0.15) is 16.6 Å². The maximum Gasteiger partial charge on any atom is 0.256 e. The second-order valence-corrected chi connectivity index (χ2v) is 9.70. The van der Waals surface area contributed by atoms with Crippen LogP contribution in [0.3, 0.4) is 0 Å². The van der Waals surface area contributed by atoms with Crippen LogP contribution < -0.4 is 10.1 Å². The summed E-state index contributed by atoms with van der Waals surface area (Å²) >= 11 is 1.51. The molecular weight excluding hydrogens is 455 g/mol. The van der Waals surface area contributed by atoms with Gasteiger partial charge in [-0.05, 0) is 31.0 Å². The highest BCUT2D eigenvalue weighted by molar-refractivity contribution is 7.12. The number of hydrogen-bond acceptors (Lipinski definition) is 7. The first-order valence-electron chi connectivity index (χ1n) is 11.6. The number of hydrogen-bond donors (Lipinski definition) is 2. The SMILES string of the molecule is CCCCCCOc1ccc([C@]2(C)CC(c3ncc(CC)s3)=C(c3nn[nH]n3)C(=O)N2)c(F)c1. The van der Waals surface area contributed by atoms with Gasteiger partial charge >= 0.3 is 0 Å². The predicted octanol–water partition coefficient (Wildman–Crippen LogP) is 4.66. The van der Waals surface area contributed by atoms with Crippen molar-refractivity contribution >= 4 is 28.4 Å². The molecule has 1 aliphatic rings. The number of aromatic amines is 1. The first-order chi connectivity index (χ1) is 16.4. The zero-order chi connectivity index (χ0) is 24.1. The number of nitrogens with one attached hydrogen (secondary N) is 2. The second-order valence-electron chi connectivity index (χ2n) is 8.59. The predicted molar refractivity (Wildman–Crippen MR) is 129 cm³/mol. The molecule has 1 atom stereocenters. The van der Waals surface area contributed by atoms with Crippen LogP contribution in [0.1, 0.15) is 74.1 Å². The maximum absolute atomic E-state index is 15.3. The third-order valence-corrected chi connectivity index (χ3v) is 7.18. The molecular formula is C24H29FN6O2S. The Balaban J connectivity index is 1.64. The molecule has 0 aliphatic carbocycles. The smallest absolute Gasteiger partial charge is 0.256 e. The van der Waals surface area contributed by atoms with Crippen molar-refractivity contribution in [3.63, 3.8) is 0 Å². The lowest BCUT2D eigenvalue weighted by Crippen LogP contribution is -2.48. The van der Waals surface area contributed by atoms with Crippen LogP contribution in [0.2, 0.25) is 0 Å². The van der Waals surface area contributed by atoms with Crippen molar-refractivity contribution in [2.75, 3.05) is 6.61 Å². The molecule has 8 nitrogen and oxygen atoms in total. The van der Waals surface area contributed by atoms with Crippen LogP contribution in [-0.2, 0) is 16.8 Å². The molecule has 3 aromatic rings. The molecule has 0 radical (unpaired) electrons. The maximum atomic E-state index is 15.3. The van der Waals surface area contributed by atoms with Crippen LogP contribution in [0.5, 0.6) is 5.75 Å². The van der Waals surface area contributed by atoms with Gasteiger partial charge in [-0.2, -0.15) is 5.21 Å². The summed E-state index contributed by atoms with van der Waals surface area (Å²) in [5, 5.41) is 17.7. The number of H-pyrrole nitrogens is 1. The minimum atomic E-state index is -0.985.